The van der Waals surface area contributed by atoms with Crippen molar-refractivity contribution in [1.29, 1.82) is 0 Å². The Bertz CT molecular complexity index is 708. The van der Waals surface area contributed by atoms with Gasteiger partial charge < -0.3 is 4.74 Å². The predicted octanol–water partition coefficient (Wildman–Crippen LogP) is 2.38. The molecule has 2 heterocycles. The molecule has 3 rings (SSSR count). The third kappa shape index (κ3) is 2.37. The molecule has 0 saturated heterocycles. The number of fused-ring (bicyclic) bond motifs is 1. The maximum atomic E-state index is 5.82. The van der Waals surface area contributed by atoms with E-state index in [1.807, 2.05) is 28.7 Å². The molecule has 5 nitrogen and oxygen atoms in total. The number of rotatable bonds is 3. The summed E-state index contributed by atoms with van der Waals surface area (Å²) in [5.41, 5.74) is 1.83. The lowest BCUT2D eigenvalue weighted by Gasteiger charge is -2.02. The summed E-state index contributed by atoms with van der Waals surface area (Å²) in [6.07, 6.45) is 2.31. The molecule has 0 radical (unpaired) electrons. The zero-order valence-corrected chi connectivity index (χ0v) is 11.0. The molecule has 0 atom stereocenters. The molecule has 0 bridgehead atoms. The lowest BCUT2D eigenvalue weighted by molar-refractivity contribution is 0.414. The fourth-order valence-corrected chi connectivity index (χ4v) is 2.01. The second-order valence-electron chi connectivity index (χ2n) is 4.08. The van der Waals surface area contributed by atoms with E-state index in [9.17, 15) is 0 Å². The Morgan fingerprint density at radius 3 is 2.74 bits per heavy atom. The number of benzene rings is 1. The van der Waals surface area contributed by atoms with E-state index in [-0.39, 0.29) is 0 Å². The van der Waals surface area contributed by atoms with Gasteiger partial charge in [-0.05, 0) is 17.7 Å². The van der Waals surface area contributed by atoms with E-state index in [0.717, 1.165) is 17.1 Å². The SMILES string of the molecule is COc1ccc(Cc2nnc3cc(Cl)ncn23)cc1. The Kier molecular flexibility index (Phi) is 3.05. The van der Waals surface area contributed by atoms with E-state index in [2.05, 4.69) is 15.2 Å². The molecule has 0 unspecified atom stereocenters. The van der Waals surface area contributed by atoms with Crippen LogP contribution in [0.4, 0.5) is 0 Å². The van der Waals surface area contributed by atoms with Gasteiger partial charge in [0.15, 0.2) is 5.65 Å². The number of halogens is 1. The lowest BCUT2D eigenvalue weighted by Crippen LogP contribution is -1.97. The van der Waals surface area contributed by atoms with E-state index in [4.69, 9.17) is 16.3 Å². The van der Waals surface area contributed by atoms with E-state index >= 15 is 0 Å². The summed E-state index contributed by atoms with van der Waals surface area (Å²) in [6, 6.07) is 9.54. The first-order valence-corrected chi connectivity index (χ1v) is 6.12. The van der Waals surface area contributed by atoms with Gasteiger partial charge in [0.2, 0.25) is 0 Å². The molecule has 0 spiro atoms. The van der Waals surface area contributed by atoms with Crippen LogP contribution in [-0.4, -0.2) is 26.7 Å². The summed E-state index contributed by atoms with van der Waals surface area (Å²) >= 11 is 5.82. The molecule has 6 heteroatoms. The van der Waals surface area contributed by atoms with Crippen LogP contribution in [0.25, 0.3) is 5.65 Å². The summed E-state index contributed by atoms with van der Waals surface area (Å²) < 4.78 is 6.96. The molecule has 0 N–H and O–H groups in total. The van der Waals surface area contributed by atoms with Crippen molar-refractivity contribution in [3.63, 3.8) is 0 Å². The first kappa shape index (κ1) is 11.9. The van der Waals surface area contributed by atoms with Crippen LogP contribution in [0.15, 0.2) is 36.7 Å². The molecule has 0 aliphatic carbocycles. The number of hydrogen-bond donors (Lipinski definition) is 0. The van der Waals surface area contributed by atoms with Gasteiger partial charge in [0.05, 0.1) is 7.11 Å². The van der Waals surface area contributed by atoms with Gasteiger partial charge in [0.1, 0.15) is 23.1 Å². The summed E-state index contributed by atoms with van der Waals surface area (Å²) in [4.78, 5) is 4.04. The number of hydrogen-bond acceptors (Lipinski definition) is 4. The molecule has 1 aromatic carbocycles. The molecule has 3 aromatic rings. The summed E-state index contributed by atoms with van der Waals surface area (Å²) in [5.74, 6) is 1.66. The highest BCUT2D eigenvalue weighted by atomic mass is 35.5. The van der Waals surface area contributed by atoms with Crippen LogP contribution in [-0.2, 0) is 6.42 Å². The minimum Gasteiger partial charge on any atom is -0.497 e. The van der Waals surface area contributed by atoms with E-state index < -0.39 is 0 Å². The van der Waals surface area contributed by atoms with Crippen LogP contribution < -0.4 is 4.74 Å². The van der Waals surface area contributed by atoms with E-state index in [1.165, 1.54) is 0 Å². The first-order valence-electron chi connectivity index (χ1n) is 5.74. The normalized spacial score (nSPS) is 10.8. The van der Waals surface area contributed by atoms with Crippen molar-refractivity contribution in [3.8, 4) is 5.75 Å². The highest BCUT2D eigenvalue weighted by Crippen LogP contribution is 2.15. The van der Waals surface area contributed by atoms with Gasteiger partial charge in [-0.25, -0.2) is 4.98 Å². The molecule has 0 aliphatic heterocycles. The third-order valence-electron chi connectivity index (χ3n) is 2.86. The van der Waals surface area contributed by atoms with Crippen molar-refractivity contribution < 1.29 is 4.74 Å². The average molecular weight is 275 g/mol. The molecular weight excluding hydrogens is 264 g/mol. The largest absolute Gasteiger partial charge is 0.497 e. The molecule has 0 fully saturated rings. The van der Waals surface area contributed by atoms with Crippen molar-refractivity contribution in [2.75, 3.05) is 7.11 Å². The highest BCUT2D eigenvalue weighted by molar-refractivity contribution is 6.29. The van der Waals surface area contributed by atoms with E-state index in [0.29, 0.717) is 17.2 Å². The van der Waals surface area contributed by atoms with Gasteiger partial charge in [-0.3, -0.25) is 4.40 Å². The van der Waals surface area contributed by atoms with Crippen molar-refractivity contribution in [2.24, 2.45) is 0 Å². The Balaban J connectivity index is 1.92. The van der Waals surface area contributed by atoms with Crippen LogP contribution in [0.2, 0.25) is 5.15 Å². The smallest absolute Gasteiger partial charge is 0.165 e. The van der Waals surface area contributed by atoms with Crippen LogP contribution in [0.1, 0.15) is 11.4 Å². The van der Waals surface area contributed by atoms with Crippen molar-refractivity contribution >= 4 is 17.2 Å². The number of aromatic nitrogens is 4. The molecular formula is C13H11ClN4O. The molecule has 96 valence electrons. The molecule has 0 aliphatic rings. The fourth-order valence-electron chi connectivity index (χ4n) is 1.86. The molecule has 2 aromatic heterocycles. The molecule has 0 saturated carbocycles. The van der Waals surface area contributed by atoms with Gasteiger partial charge in [-0.15, -0.1) is 10.2 Å². The van der Waals surface area contributed by atoms with E-state index in [1.54, 1.807) is 19.5 Å². The highest BCUT2D eigenvalue weighted by Gasteiger charge is 2.07. The Labute approximate surface area is 114 Å². The Morgan fingerprint density at radius 2 is 2.00 bits per heavy atom. The topological polar surface area (TPSA) is 52.3 Å². The fraction of sp³-hybridized carbons (Fsp3) is 0.154. The lowest BCUT2D eigenvalue weighted by atomic mass is 10.1. The molecule has 19 heavy (non-hydrogen) atoms. The maximum absolute atomic E-state index is 5.82. The van der Waals surface area contributed by atoms with Crippen molar-refractivity contribution in [1.82, 2.24) is 19.6 Å². The van der Waals surface area contributed by atoms with Crippen molar-refractivity contribution in [2.45, 2.75) is 6.42 Å². The Morgan fingerprint density at radius 1 is 1.21 bits per heavy atom. The standard InChI is InChI=1S/C13H11ClN4O/c1-19-10-4-2-9(3-5-10)6-12-16-17-13-7-11(14)15-8-18(12)13/h2-5,7-8H,6H2,1H3. The second kappa shape index (κ2) is 4.85. The number of nitrogens with zero attached hydrogens (tertiary/aromatic N) is 4. The van der Waals surface area contributed by atoms with Gasteiger partial charge >= 0.3 is 0 Å². The summed E-state index contributed by atoms with van der Waals surface area (Å²) in [6.45, 7) is 0. The Hall–Kier alpha value is -2.14. The van der Waals surface area contributed by atoms with Crippen LogP contribution >= 0.6 is 11.6 Å². The number of ether oxygens (including phenoxy) is 1. The number of methoxy groups -OCH3 is 1. The maximum Gasteiger partial charge on any atom is 0.165 e. The first-order chi connectivity index (χ1) is 9.26. The quantitative estimate of drug-likeness (QED) is 0.688. The minimum absolute atomic E-state index is 0.413. The zero-order chi connectivity index (χ0) is 13.2. The van der Waals surface area contributed by atoms with Gasteiger partial charge in [-0.1, -0.05) is 23.7 Å². The zero-order valence-electron chi connectivity index (χ0n) is 10.2. The van der Waals surface area contributed by atoms with Gasteiger partial charge in [0, 0.05) is 12.5 Å². The van der Waals surface area contributed by atoms with Crippen LogP contribution in [0, 0.1) is 0 Å². The molecule has 0 amide bonds. The predicted molar refractivity (Wildman–Crippen MR) is 71.6 cm³/mol. The second-order valence-corrected chi connectivity index (χ2v) is 4.47. The minimum atomic E-state index is 0.413. The van der Waals surface area contributed by atoms with Crippen LogP contribution in [0.3, 0.4) is 0 Å². The van der Waals surface area contributed by atoms with Crippen LogP contribution in [0.5, 0.6) is 5.75 Å². The summed E-state index contributed by atoms with van der Waals surface area (Å²) in [7, 11) is 1.65. The van der Waals surface area contributed by atoms with Crippen molar-refractivity contribution in [3.05, 3.63) is 53.2 Å². The summed E-state index contributed by atoms with van der Waals surface area (Å²) in [5, 5.41) is 8.64. The van der Waals surface area contributed by atoms with Gasteiger partial charge in [-0.2, -0.15) is 0 Å². The monoisotopic (exact) mass is 274 g/mol. The van der Waals surface area contributed by atoms with Gasteiger partial charge in [0.25, 0.3) is 0 Å². The third-order valence-corrected chi connectivity index (χ3v) is 3.07. The average Bonchev–Trinajstić information content (AvgIpc) is 2.82.